The van der Waals surface area contributed by atoms with Gasteiger partial charge in [0.05, 0.1) is 0 Å². The summed E-state index contributed by atoms with van der Waals surface area (Å²) in [4.78, 5) is 0. The van der Waals surface area contributed by atoms with E-state index in [9.17, 15) is 0 Å². The average molecular weight is 190 g/mol. The fourth-order valence-corrected chi connectivity index (χ4v) is 1.94. The lowest BCUT2D eigenvalue weighted by Crippen LogP contribution is -1.94. The molecule has 0 bridgehead atoms. The maximum Gasteiger partial charge on any atom is -0.0190 e. The summed E-state index contributed by atoms with van der Waals surface area (Å²) in [6, 6.07) is 9.08. The number of hydrogen-bond acceptors (Lipinski definition) is 0. The lowest BCUT2D eigenvalue weighted by molar-refractivity contribution is 0.664. The second kappa shape index (κ2) is 5.85. The van der Waals surface area contributed by atoms with Crippen LogP contribution in [0.5, 0.6) is 0 Å². The smallest absolute Gasteiger partial charge is 0.0190 e. The average Bonchev–Trinajstić information content (AvgIpc) is 2.19. The van der Waals surface area contributed by atoms with Gasteiger partial charge in [-0.2, -0.15) is 0 Å². The van der Waals surface area contributed by atoms with Gasteiger partial charge in [0, 0.05) is 0 Å². The van der Waals surface area contributed by atoms with Gasteiger partial charge in [-0.05, 0) is 29.9 Å². The van der Waals surface area contributed by atoms with Crippen molar-refractivity contribution in [2.75, 3.05) is 0 Å². The second-order valence-corrected chi connectivity index (χ2v) is 4.18. The van der Waals surface area contributed by atoms with Crippen LogP contribution in [0.2, 0.25) is 0 Å². The van der Waals surface area contributed by atoms with Gasteiger partial charge in [0.15, 0.2) is 0 Å². The highest BCUT2D eigenvalue weighted by Gasteiger charge is 2.04. The molecule has 0 aliphatic rings. The number of aryl methyl sites for hydroxylation is 1. The van der Waals surface area contributed by atoms with Crippen LogP contribution in [0.15, 0.2) is 24.3 Å². The summed E-state index contributed by atoms with van der Waals surface area (Å²) in [7, 11) is 0. The lowest BCUT2D eigenvalue weighted by Gasteiger charge is -2.11. The van der Waals surface area contributed by atoms with Gasteiger partial charge in [-0.15, -0.1) is 0 Å². The Balaban J connectivity index is 2.71. The van der Waals surface area contributed by atoms with Crippen molar-refractivity contribution in [3.8, 4) is 0 Å². The second-order valence-electron chi connectivity index (χ2n) is 4.18. The molecular formula is C14H22. The molecule has 0 saturated carbocycles. The van der Waals surface area contributed by atoms with Crippen molar-refractivity contribution >= 4 is 0 Å². The van der Waals surface area contributed by atoms with E-state index < -0.39 is 0 Å². The minimum absolute atomic E-state index is 0.719. The zero-order chi connectivity index (χ0) is 10.4. The number of benzene rings is 1. The Morgan fingerprint density at radius 3 is 2.57 bits per heavy atom. The molecule has 0 nitrogen and oxygen atoms in total. The van der Waals surface area contributed by atoms with Gasteiger partial charge in [-0.1, -0.05) is 57.9 Å². The van der Waals surface area contributed by atoms with Gasteiger partial charge >= 0.3 is 0 Å². The normalized spacial score (nSPS) is 12.8. The van der Waals surface area contributed by atoms with E-state index in [-0.39, 0.29) is 0 Å². The van der Waals surface area contributed by atoms with Crippen molar-refractivity contribution in [1.29, 1.82) is 0 Å². The molecular weight excluding hydrogens is 168 g/mol. The summed E-state index contributed by atoms with van der Waals surface area (Å²) in [5.74, 6) is 0.719. The fraction of sp³-hybridized carbons (Fsp3) is 0.571. The Hall–Kier alpha value is -0.780. The number of hydrogen-bond donors (Lipinski definition) is 0. The molecule has 1 rings (SSSR count). The minimum atomic E-state index is 0.719. The van der Waals surface area contributed by atoms with E-state index in [2.05, 4.69) is 45.0 Å². The van der Waals surface area contributed by atoms with Crippen molar-refractivity contribution in [2.24, 2.45) is 0 Å². The minimum Gasteiger partial charge on any atom is -0.0654 e. The first kappa shape index (κ1) is 11.3. The van der Waals surface area contributed by atoms with E-state index in [1.807, 2.05) is 0 Å². The molecule has 0 aliphatic heterocycles. The first-order valence-corrected chi connectivity index (χ1v) is 5.86. The molecule has 0 aliphatic carbocycles. The molecule has 0 saturated heterocycles. The summed E-state index contributed by atoms with van der Waals surface area (Å²) < 4.78 is 0. The first-order valence-electron chi connectivity index (χ1n) is 5.86. The zero-order valence-corrected chi connectivity index (χ0v) is 9.72. The van der Waals surface area contributed by atoms with Gasteiger partial charge in [0.1, 0.15) is 0 Å². The topological polar surface area (TPSA) is 0 Å². The van der Waals surface area contributed by atoms with Crippen LogP contribution >= 0.6 is 0 Å². The standard InChI is InChI=1S/C14H22/c1-4-7-12(3)14-10-6-9-13(11-14)8-5-2/h6,9-12H,4-5,7-8H2,1-3H3. The maximum atomic E-state index is 2.38. The van der Waals surface area contributed by atoms with Crippen LogP contribution in [-0.2, 0) is 6.42 Å². The Kier molecular flexibility index (Phi) is 4.72. The fourth-order valence-electron chi connectivity index (χ4n) is 1.94. The van der Waals surface area contributed by atoms with E-state index in [0.717, 1.165) is 5.92 Å². The Bertz CT molecular complexity index is 262. The van der Waals surface area contributed by atoms with Gasteiger partial charge in [0.2, 0.25) is 0 Å². The molecule has 0 heteroatoms. The molecule has 0 spiro atoms. The summed E-state index contributed by atoms with van der Waals surface area (Å²) in [6.45, 7) is 6.82. The Morgan fingerprint density at radius 2 is 1.93 bits per heavy atom. The van der Waals surface area contributed by atoms with Crippen molar-refractivity contribution in [1.82, 2.24) is 0 Å². The molecule has 0 N–H and O–H groups in total. The van der Waals surface area contributed by atoms with Gasteiger partial charge in [-0.25, -0.2) is 0 Å². The van der Waals surface area contributed by atoms with Crippen LogP contribution in [0.25, 0.3) is 0 Å². The highest BCUT2D eigenvalue weighted by molar-refractivity contribution is 5.26. The SMILES string of the molecule is CCCc1cccc(C(C)CCC)c1. The third kappa shape index (κ3) is 3.17. The van der Waals surface area contributed by atoms with Gasteiger partial charge in [-0.3, -0.25) is 0 Å². The maximum absolute atomic E-state index is 2.38. The third-order valence-electron chi connectivity index (χ3n) is 2.78. The quantitative estimate of drug-likeness (QED) is 0.639. The monoisotopic (exact) mass is 190 g/mol. The Morgan fingerprint density at radius 1 is 1.14 bits per heavy atom. The third-order valence-corrected chi connectivity index (χ3v) is 2.78. The van der Waals surface area contributed by atoms with E-state index in [0.29, 0.717) is 0 Å². The molecule has 78 valence electrons. The van der Waals surface area contributed by atoms with Crippen molar-refractivity contribution < 1.29 is 0 Å². The van der Waals surface area contributed by atoms with Crippen LogP contribution < -0.4 is 0 Å². The molecule has 0 heterocycles. The Labute approximate surface area is 88.4 Å². The predicted molar refractivity (Wildman–Crippen MR) is 63.8 cm³/mol. The van der Waals surface area contributed by atoms with Crippen LogP contribution in [0.4, 0.5) is 0 Å². The molecule has 0 aromatic heterocycles. The van der Waals surface area contributed by atoms with Gasteiger partial charge in [0.25, 0.3) is 0 Å². The van der Waals surface area contributed by atoms with Gasteiger partial charge < -0.3 is 0 Å². The van der Waals surface area contributed by atoms with E-state index in [1.54, 1.807) is 0 Å². The van der Waals surface area contributed by atoms with Crippen LogP contribution in [-0.4, -0.2) is 0 Å². The molecule has 1 unspecified atom stereocenters. The van der Waals surface area contributed by atoms with E-state index in [4.69, 9.17) is 0 Å². The summed E-state index contributed by atoms with van der Waals surface area (Å²) in [5, 5.41) is 0. The highest BCUT2D eigenvalue weighted by atomic mass is 14.1. The first-order chi connectivity index (χ1) is 6.77. The van der Waals surface area contributed by atoms with Crippen molar-refractivity contribution in [2.45, 2.75) is 52.4 Å². The molecule has 1 atom stereocenters. The zero-order valence-electron chi connectivity index (χ0n) is 9.72. The highest BCUT2D eigenvalue weighted by Crippen LogP contribution is 2.21. The largest absolute Gasteiger partial charge is 0.0654 e. The van der Waals surface area contributed by atoms with E-state index >= 15 is 0 Å². The molecule has 14 heavy (non-hydrogen) atoms. The number of rotatable bonds is 5. The summed E-state index contributed by atoms with van der Waals surface area (Å²) in [6.07, 6.45) is 5.03. The van der Waals surface area contributed by atoms with Crippen LogP contribution in [0, 0.1) is 0 Å². The molecule has 0 radical (unpaired) electrons. The van der Waals surface area contributed by atoms with Crippen molar-refractivity contribution in [3.63, 3.8) is 0 Å². The molecule has 0 amide bonds. The van der Waals surface area contributed by atoms with Crippen LogP contribution in [0.3, 0.4) is 0 Å². The van der Waals surface area contributed by atoms with Crippen molar-refractivity contribution in [3.05, 3.63) is 35.4 Å². The summed E-state index contributed by atoms with van der Waals surface area (Å²) >= 11 is 0. The molecule has 0 fully saturated rings. The molecule has 1 aromatic rings. The molecule has 1 aromatic carbocycles. The summed E-state index contributed by atoms with van der Waals surface area (Å²) in [5.41, 5.74) is 3.01. The van der Waals surface area contributed by atoms with Crippen LogP contribution in [0.1, 0.15) is 57.1 Å². The van der Waals surface area contributed by atoms with E-state index in [1.165, 1.54) is 36.8 Å². The predicted octanol–water partition coefficient (Wildman–Crippen LogP) is 4.54. The lowest BCUT2D eigenvalue weighted by atomic mass is 9.94.